The summed E-state index contributed by atoms with van der Waals surface area (Å²) in [4.78, 5) is 0. The van der Waals surface area contributed by atoms with E-state index in [4.69, 9.17) is 0 Å². The van der Waals surface area contributed by atoms with Gasteiger partial charge in [-0.1, -0.05) is 121 Å². The molecule has 0 amide bonds. The molecule has 4 aromatic carbocycles. The van der Waals surface area contributed by atoms with Crippen molar-refractivity contribution in [2.24, 2.45) is 0 Å². The highest BCUT2D eigenvalue weighted by atomic mass is 32.2. The summed E-state index contributed by atoms with van der Waals surface area (Å²) >= 11 is 6.14. The standard InChI is InChI=1S/C32H28N4S4/c33-21-31(35(37-23-27-13-5-1-6-14-27)38-24-28-15-7-2-8-16-28)32(22-34)36(39-25-29-17-9-3-10-18-29)40-26-30-19-11-4-12-20-30/h1-20H,23-26H2/b32-31-. The van der Waals surface area contributed by atoms with Crippen LogP contribution in [0.5, 0.6) is 0 Å². The fourth-order valence-electron chi connectivity index (χ4n) is 3.52. The lowest BCUT2D eigenvalue weighted by atomic mass is 10.2. The zero-order chi connectivity index (χ0) is 27.8. The number of hydrogen-bond acceptors (Lipinski definition) is 8. The number of benzene rings is 4. The average molecular weight is 597 g/mol. The second-order valence-electron chi connectivity index (χ2n) is 8.47. The Labute approximate surface area is 254 Å². The van der Waals surface area contributed by atoms with E-state index in [2.05, 4.69) is 60.7 Å². The second-order valence-corrected chi connectivity index (χ2v) is 12.6. The highest BCUT2D eigenvalue weighted by molar-refractivity contribution is 8.12. The quantitative estimate of drug-likeness (QED) is 0.105. The maximum absolute atomic E-state index is 10.4. The van der Waals surface area contributed by atoms with Crippen molar-refractivity contribution in [2.45, 2.75) is 23.0 Å². The van der Waals surface area contributed by atoms with Crippen LogP contribution in [-0.2, 0) is 23.0 Å². The van der Waals surface area contributed by atoms with Gasteiger partial charge in [0.1, 0.15) is 12.1 Å². The largest absolute Gasteiger partial charge is 0.245 e. The van der Waals surface area contributed by atoms with Gasteiger partial charge in [0.05, 0.1) is 0 Å². The van der Waals surface area contributed by atoms with Crippen molar-refractivity contribution in [3.8, 4) is 12.1 Å². The van der Waals surface area contributed by atoms with E-state index in [1.54, 1.807) is 0 Å². The molecule has 0 N–H and O–H groups in total. The van der Waals surface area contributed by atoms with Gasteiger partial charge in [-0.15, -0.1) is 0 Å². The number of allylic oxidation sites excluding steroid dienone is 2. The van der Waals surface area contributed by atoms with Crippen LogP contribution in [0.1, 0.15) is 22.3 Å². The molecule has 0 saturated carbocycles. The van der Waals surface area contributed by atoms with Crippen LogP contribution in [0.15, 0.2) is 133 Å². The zero-order valence-corrected chi connectivity index (χ0v) is 25.1. The number of nitriles is 2. The first kappa shape index (κ1) is 29.6. The third-order valence-electron chi connectivity index (χ3n) is 5.57. The van der Waals surface area contributed by atoms with Crippen molar-refractivity contribution in [1.82, 2.24) is 7.42 Å². The number of rotatable bonds is 14. The third kappa shape index (κ3) is 9.36. The molecule has 4 aromatic rings. The summed E-state index contributed by atoms with van der Waals surface area (Å²) in [6, 6.07) is 45.5. The molecule has 40 heavy (non-hydrogen) atoms. The van der Waals surface area contributed by atoms with Crippen molar-refractivity contribution in [3.63, 3.8) is 0 Å². The van der Waals surface area contributed by atoms with Crippen LogP contribution in [0, 0.1) is 22.7 Å². The molecule has 0 unspecified atom stereocenters. The maximum Gasteiger partial charge on any atom is 0.173 e. The molecule has 0 radical (unpaired) electrons. The first-order chi connectivity index (χ1) is 19.8. The lowest BCUT2D eigenvalue weighted by Crippen LogP contribution is -2.16. The number of hydrogen-bond donors (Lipinski definition) is 0. The van der Waals surface area contributed by atoms with Gasteiger partial charge < -0.3 is 0 Å². The Morgan fingerprint density at radius 2 is 0.650 bits per heavy atom. The van der Waals surface area contributed by atoms with Crippen LogP contribution in [0.3, 0.4) is 0 Å². The fourth-order valence-corrected chi connectivity index (χ4v) is 7.61. The highest BCUT2D eigenvalue weighted by Gasteiger charge is 2.23. The zero-order valence-electron chi connectivity index (χ0n) is 21.8. The molecule has 8 heteroatoms. The van der Waals surface area contributed by atoms with Crippen molar-refractivity contribution >= 4 is 47.8 Å². The van der Waals surface area contributed by atoms with Crippen LogP contribution in [0.25, 0.3) is 0 Å². The van der Waals surface area contributed by atoms with Crippen LogP contribution < -0.4 is 0 Å². The monoisotopic (exact) mass is 596 g/mol. The van der Waals surface area contributed by atoms with E-state index >= 15 is 0 Å². The molecule has 0 heterocycles. The smallest absolute Gasteiger partial charge is 0.173 e. The molecule has 0 fully saturated rings. The molecule has 0 aromatic heterocycles. The van der Waals surface area contributed by atoms with Gasteiger partial charge in [0.25, 0.3) is 0 Å². The predicted molar refractivity (Wildman–Crippen MR) is 173 cm³/mol. The van der Waals surface area contributed by atoms with Crippen LogP contribution in [0.4, 0.5) is 0 Å². The van der Waals surface area contributed by atoms with Crippen molar-refractivity contribution in [2.75, 3.05) is 0 Å². The Kier molecular flexibility index (Phi) is 12.3. The molecule has 4 nitrogen and oxygen atoms in total. The van der Waals surface area contributed by atoms with Crippen LogP contribution in [-0.4, -0.2) is 7.42 Å². The van der Waals surface area contributed by atoms with Crippen LogP contribution >= 0.6 is 47.8 Å². The molecule has 0 saturated heterocycles. The SMILES string of the molecule is N#C/C(=C(\C#N)N(SCc1ccccc1)SCc1ccccc1)N(SCc1ccccc1)SCc1ccccc1. The van der Waals surface area contributed by atoms with E-state index in [1.807, 2.05) is 80.2 Å². The first-order valence-corrected chi connectivity index (χ1v) is 16.4. The molecule has 0 bridgehead atoms. The van der Waals surface area contributed by atoms with E-state index < -0.39 is 0 Å². The first-order valence-electron chi connectivity index (χ1n) is 12.6. The summed E-state index contributed by atoms with van der Waals surface area (Å²) in [5, 5.41) is 20.9. The number of nitrogens with zero attached hydrogens (tertiary/aromatic N) is 4. The minimum atomic E-state index is 0.338. The molecule has 0 spiro atoms. The Morgan fingerprint density at radius 3 is 0.850 bits per heavy atom. The minimum Gasteiger partial charge on any atom is -0.245 e. The van der Waals surface area contributed by atoms with Gasteiger partial charge in [0, 0.05) is 23.0 Å². The minimum absolute atomic E-state index is 0.338. The van der Waals surface area contributed by atoms with Gasteiger partial charge in [-0.25, -0.2) is 7.42 Å². The van der Waals surface area contributed by atoms with Gasteiger partial charge in [0.2, 0.25) is 0 Å². The maximum atomic E-state index is 10.4. The summed E-state index contributed by atoms with van der Waals surface area (Å²) in [6.45, 7) is 0. The molecular formula is C32H28N4S4. The van der Waals surface area contributed by atoms with Gasteiger partial charge in [0.15, 0.2) is 11.4 Å². The molecule has 0 atom stereocenters. The Hall–Kier alpha value is -3.40. The Bertz CT molecular complexity index is 1220. The summed E-state index contributed by atoms with van der Waals surface area (Å²) in [5.41, 5.74) is 5.30. The van der Waals surface area contributed by atoms with E-state index in [9.17, 15) is 10.5 Å². The topological polar surface area (TPSA) is 54.1 Å². The van der Waals surface area contributed by atoms with E-state index in [-0.39, 0.29) is 0 Å². The van der Waals surface area contributed by atoms with Crippen molar-refractivity contribution < 1.29 is 0 Å². The summed E-state index contributed by atoms with van der Waals surface area (Å²) in [6.07, 6.45) is 0. The van der Waals surface area contributed by atoms with Crippen molar-refractivity contribution in [3.05, 3.63) is 155 Å². The van der Waals surface area contributed by atoms with E-state index in [1.165, 1.54) is 47.8 Å². The van der Waals surface area contributed by atoms with E-state index in [0.29, 0.717) is 34.4 Å². The second kappa shape index (κ2) is 16.6. The Morgan fingerprint density at radius 1 is 0.425 bits per heavy atom. The normalized spacial score (nSPS) is 11.2. The van der Waals surface area contributed by atoms with Gasteiger partial charge in [-0.2, -0.15) is 10.5 Å². The third-order valence-corrected chi connectivity index (χ3v) is 10.3. The molecule has 0 aliphatic carbocycles. The molecule has 0 aliphatic rings. The van der Waals surface area contributed by atoms with Gasteiger partial charge in [-0.3, -0.25) is 0 Å². The Balaban J connectivity index is 1.63. The summed E-state index contributed by atoms with van der Waals surface area (Å²) < 4.78 is 3.83. The van der Waals surface area contributed by atoms with Crippen LogP contribution in [0.2, 0.25) is 0 Å². The molecule has 200 valence electrons. The fraction of sp³-hybridized carbons (Fsp3) is 0.125. The summed E-state index contributed by atoms with van der Waals surface area (Å²) in [7, 11) is 0. The van der Waals surface area contributed by atoms with Crippen molar-refractivity contribution in [1.29, 1.82) is 10.5 Å². The predicted octanol–water partition coefficient (Wildman–Crippen LogP) is 9.24. The van der Waals surface area contributed by atoms with E-state index in [0.717, 1.165) is 22.3 Å². The lowest BCUT2D eigenvalue weighted by molar-refractivity contribution is 0.860. The molecule has 4 rings (SSSR count). The summed E-state index contributed by atoms with van der Waals surface area (Å²) in [5.74, 6) is 2.73. The molecule has 0 aliphatic heterocycles. The average Bonchev–Trinajstić information content (AvgIpc) is 3.03. The van der Waals surface area contributed by atoms with Gasteiger partial charge in [-0.05, 0) is 70.0 Å². The highest BCUT2D eigenvalue weighted by Crippen LogP contribution is 2.39. The lowest BCUT2D eigenvalue weighted by Gasteiger charge is -2.26. The van der Waals surface area contributed by atoms with Gasteiger partial charge >= 0.3 is 0 Å². The molecular weight excluding hydrogens is 569 g/mol.